The van der Waals surface area contributed by atoms with Crippen LogP contribution in [0.15, 0.2) is 18.3 Å². The van der Waals surface area contributed by atoms with E-state index >= 15 is 0 Å². The summed E-state index contributed by atoms with van der Waals surface area (Å²) in [6.45, 7) is 4.48. The van der Waals surface area contributed by atoms with Gasteiger partial charge < -0.3 is 10.2 Å². The van der Waals surface area contributed by atoms with Crippen molar-refractivity contribution in [1.82, 2.24) is 10.3 Å². The van der Waals surface area contributed by atoms with Crippen LogP contribution < -0.4 is 10.2 Å². The SMILES string of the molecule is CNC(C)c1ccnc(N2CCC2)c1. The molecule has 1 aliphatic heterocycles. The van der Waals surface area contributed by atoms with Crippen LogP contribution >= 0.6 is 0 Å². The van der Waals surface area contributed by atoms with Crippen LogP contribution in [0.4, 0.5) is 5.82 Å². The van der Waals surface area contributed by atoms with Crippen molar-refractivity contribution in [2.24, 2.45) is 0 Å². The van der Waals surface area contributed by atoms with Gasteiger partial charge in [-0.3, -0.25) is 0 Å². The van der Waals surface area contributed by atoms with E-state index in [0.29, 0.717) is 6.04 Å². The molecule has 0 amide bonds. The fourth-order valence-corrected chi connectivity index (χ4v) is 1.59. The van der Waals surface area contributed by atoms with Crippen LogP contribution in [0, 0.1) is 0 Å². The van der Waals surface area contributed by atoms with E-state index in [1.807, 2.05) is 13.2 Å². The molecule has 1 N–H and O–H groups in total. The molecule has 2 rings (SSSR count). The Labute approximate surface area is 85.1 Å². The van der Waals surface area contributed by atoms with E-state index in [9.17, 15) is 0 Å². The molecule has 3 nitrogen and oxygen atoms in total. The lowest BCUT2D eigenvalue weighted by Crippen LogP contribution is -2.37. The van der Waals surface area contributed by atoms with Crippen LogP contribution in [-0.2, 0) is 0 Å². The van der Waals surface area contributed by atoms with Gasteiger partial charge >= 0.3 is 0 Å². The van der Waals surface area contributed by atoms with Gasteiger partial charge in [0.25, 0.3) is 0 Å². The summed E-state index contributed by atoms with van der Waals surface area (Å²) >= 11 is 0. The molecule has 1 aromatic rings. The van der Waals surface area contributed by atoms with Crippen molar-refractivity contribution in [2.75, 3.05) is 25.0 Å². The summed E-state index contributed by atoms with van der Waals surface area (Å²) in [6.07, 6.45) is 3.20. The molecule has 1 aliphatic rings. The summed E-state index contributed by atoms with van der Waals surface area (Å²) < 4.78 is 0. The lowest BCUT2D eigenvalue weighted by molar-refractivity contribution is 0.605. The summed E-state index contributed by atoms with van der Waals surface area (Å²) in [5.41, 5.74) is 1.31. The molecule has 0 radical (unpaired) electrons. The van der Waals surface area contributed by atoms with E-state index in [2.05, 4.69) is 34.3 Å². The average molecular weight is 191 g/mol. The quantitative estimate of drug-likeness (QED) is 0.786. The Balaban J connectivity index is 2.17. The maximum absolute atomic E-state index is 4.38. The van der Waals surface area contributed by atoms with Gasteiger partial charge in [0.15, 0.2) is 0 Å². The van der Waals surface area contributed by atoms with E-state index < -0.39 is 0 Å². The maximum Gasteiger partial charge on any atom is 0.128 e. The van der Waals surface area contributed by atoms with Crippen LogP contribution in [-0.4, -0.2) is 25.1 Å². The molecule has 0 aromatic carbocycles. The molecule has 0 spiro atoms. The molecule has 0 bridgehead atoms. The highest BCUT2D eigenvalue weighted by molar-refractivity contribution is 5.43. The monoisotopic (exact) mass is 191 g/mol. The van der Waals surface area contributed by atoms with Crippen LogP contribution in [0.25, 0.3) is 0 Å². The molecule has 1 unspecified atom stereocenters. The van der Waals surface area contributed by atoms with Crippen LogP contribution in [0.1, 0.15) is 24.9 Å². The van der Waals surface area contributed by atoms with Gasteiger partial charge in [-0.25, -0.2) is 4.98 Å². The molecule has 3 heteroatoms. The fourth-order valence-electron chi connectivity index (χ4n) is 1.59. The van der Waals surface area contributed by atoms with Gasteiger partial charge in [-0.1, -0.05) is 0 Å². The summed E-state index contributed by atoms with van der Waals surface area (Å²) in [4.78, 5) is 6.69. The Bertz CT molecular complexity index is 287. The number of nitrogens with zero attached hydrogens (tertiary/aromatic N) is 2. The predicted octanol–water partition coefficient (Wildman–Crippen LogP) is 1.57. The number of nitrogens with one attached hydrogen (secondary N) is 1. The van der Waals surface area contributed by atoms with Crippen molar-refractivity contribution in [3.8, 4) is 0 Å². The lowest BCUT2D eigenvalue weighted by Gasteiger charge is -2.32. The Morgan fingerprint density at radius 2 is 2.29 bits per heavy atom. The largest absolute Gasteiger partial charge is 0.356 e. The van der Waals surface area contributed by atoms with Crippen molar-refractivity contribution < 1.29 is 0 Å². The minimum atomic E-state index is 0.401. The summed E-state index contributed by atoms with van der Waals surface area (Å²) in [7, 11) is 1.98. The van der Waals surface area contributed by atoms with Gasteiger partial charge in [0.1, 0.15) is 5.82 Å². The molecule has 2 heterocycles. The second-order valence-corrected chi connectivity index (χ2v) is 3.80. The van der Waals surface area contributed by atoms with E-state index in [0.717, 1.165) is 18.9 Å². The molecule has 0 saturated carbocycles. The number of rotatable bonds is 3. The third-order valence-corrected chi connectivity index (χ3v) is 2.88. The number of hydrogen-bond donors (Lipinski definition) is 1. The second kappa shape index (κ2) is 3.96. The summed E-state index contributed by atoms with van der Waals surface area (Å²) in [5, 5.41) is 3.24. The summed E-state index contributed by atoms with van der Waals surface area (Å²) in [5.74, 6) is 1.12. The van der Waals surface area contributed by atoms with E-state index in [-0.39, 0.29) is 0 Å². The van der Waals surface area contributed by atoms with Crippen molar-refractivity contribution in [3.63, 3.8) is 0 Å². The molecule has 1 fully saturated rings. The molecule has 1 atom stereocenters. The second-order valence-electron chi connectivity index (χ2n) is 3.80. The first-order valence-corrected chi connectivity index (χ1v) is 5.19. The summed E-state index contributed by atoms with van der Waals surface area (Å²) in [6, 6.07) is 4.66. The highest BCUT2D eigenvalue weighted by Gasteiger charge is 2.16. The first-order valence-electron chi connectivity index (χ1n) is 5.19. The Morgan fingerprint density at radius 1 is 1.50 bits per heavy atom. The number of aromatic nitrogens is 1. The average Bonchev–Trinajstić information content (AvgIpc) is 2.14. The lowest BCUT2D eigenvalue weighted by atomic mass is 10.1. The van der Waals surface area contributed by atoms with Gasteiger partial charge in [-0.2, -0.15) is 0 Å². The van der Waals surface area contributed by atoms with Crippen molar-refractivity contribution in [1.29, 1.82) is 0 Å². The topological polar surface area (TPSA) is 28.2 Å². The van der Waals surface area contributed by atoms with Crippen LogP contribution in [0.3, 0.4) is 0 Å². The first-order chi connectivity index (χ1) is 6.81. The molecule has 76 valence electrons. The van der Waals surface area contributed by atoms with Gasteiger partial charge in [0.2, 0.25) is 0 Å². The predicted molar refractivity (Wildman–Crippen MR) is 58.5 cm³/mol. The highest BCUT2D eigenvalue weighted by Crippen LogP contribution is 2.21. The van der Waals surface area contributed by atoms with Crippen molar-refractivity contribution >= 4 is 5.82 Å². The molecule has 14 heavy (non-hydrogen) atoms. The molecule has 0 aliphatic carbocycles. The Morgan fingerprint density at radius 3 is 2.86 bits per heavy atom. The van der Waals surface area contributed by atoms with Gasteiger partial charge in [0.05, 0.1) is 0 Å². The number of hydrogen-bond acceptors (Lipinski definition) is 3. The zero-order chi connectivity index (χ0) is 9.97. The fraction of sp³-hybridized carbons (Fsp3) is 0.545. The number of pyridine rings is 1. The highest BCUT2D eigenvalue weighted by atomic mass is 15.2. The zero-order valence-electron chi connectivity index (χ0n) is 8.83. The maximum atomic E-state index is 4.38. The van der Waals surface area contributed by atoms with Crippen molar-refractivity contribution in [2.45, 2.75) is 19.4 Å². The van der Waals surface area contributed by atoms with Gasteiger partial charge in [-0.05, 0) is 38.1 Å². The van der Waals surface area contributed by atoms with Gasteiger partial charge in [-0.15, -0.1) is 0 Å². The minimum absolute atomic E-state index is 0.401. The minimum Gasteiger partial charge on any atom is -0.356 e. The molecule has 1 saturated heterocycles. The zero-order valence-corrected chi connectivity index (χ0v) is 8.83. The molecular weight excluding hydrogens is 174 g/mol. The standard InChI is InChI=1S/C11H17N3/c1-9(12-2)10-4-5-13-11(8-10)14-6-3-7-14/h4-5,8-9,12H,3,6-7H2,1-2H3. The van der Waals surface area contributed by atoms with Crippen LogP contribution in [0.2, 0.25) is 0 Å². The normalized spacial score (nSPS) is 17.7. The van der Waals surface area contributed by atoms with E-state index in [1.165, 1.54) is 12.0 Å². The Kier molecular flexibility index (Phi) is 2.68. The first kappa shape index (κ1) is 9.46. The Hall–Kier alpha value is -1.09. The van der Waals surface area contributed by atoms with Crippen molar-refractivity contribution in [3.05, 3.63) is 23.9 Å². The number of anilines is 1. The van der Waals surface area contributed by atoms with E-state index in [1.54, 1.807) is 0 Å². The molecular formula is C11H17N3. The molecule has 1 aromatic heterocycles. The van der Waals surface area contributed by atoms with Crippen LogP contribution in [0.5, 0.6) is 0 Å². The smallest absolute Gasteiger partial charge is 0.128 e. The van der Waals surface area contributed by atoms with Gasteiger partial charge in [0, 0.05) is 25.3 Å². The van der Waals surface area contributed by atoms with E-state index in [4.69, 9.17) is 0 Å². The third kappa shape index (κ3) is 1.73. The third-order valence-electron chi connectivity index (χ3n) is 2.88.